The molecule has 0 radical (unpaired) electrons. The first-order chi connectivity index (χ1) is 19.5. The highest BCUT2D eigenvalue weighted by molar-refractivity contribution is 8.02. The van der Waals surface area contributed by atoms with Crippen molar-refractivity contribution in [1.29, 1.82) is 0 Å². The van der Waals surface area contributed by atoms with Gasteiger partial charge >= 0.3 is 0 Å². The van der Waals surface area contributed by atoms with Crippen LogP contribution in [0.4, 0.5) is 11.4 Å². The van der Waals surface area contributed by atoms with E-state index >= 15 is 0 Å². The second-order valence-corrected chi connectivity index (χ2v) is 12.1. The number of anilines is 2. The van der Waals surface area contributed by atoms with E-state index in [0.29, 0.717) is 38.2 Å². The van der Waals surface area contributed by atoms with Crippen LogP contribution in [0.1, 0.15) is 12.8 Å². The molecule has 9 heteroatoms. The largest absolute Gasteiger partial charge is 0.497 e. The van der Waals surface area contributed by atoms with E-state index in [1.165, 1.54) is 0 Å². The van der Waals surface area contributed by atoms with Crippen LogP contribution >= 0.6 is 11.8 Å². The van der Waals surface area contributed by atoms with Gasteiger partial charge in [-0.05, 0) is 49.2 Å². The number of unbranched alkanes of at least 4 members (excludes halogenated alkanes) is 1. The number of nitrogens with zero attached hydrogens (tertiary/aromatic N) is 3. The van der Waals surface area contributed by atoms with E-state index in [1.807, 2.05) is 78.9 Å². The van der Waals surface area contributed by atoms with Crippen molar-refractivity contribution in [3.8, 4) is 5.75 Å². The monoisotopic (exact) mass is 559 g/mol. The zero-order chi connectivity index (χ0) is 27.9. The summed E-state index contributed by atoms with van der Waals surface area (Å²) in [5.41, 5.74) is 1.52. The lowest BCUT2D eigenvalue weighted by Gasteiger charge is -2.35. The third kappa shape index (κ3) is 4.23. The Kier molecular flexibility index (Phi) is 7.18. The van der Waals surface area contributed by atoms with Gasteiger partial charge in [0.2, 0.25) is 11.8 Å². The second-order valence-electron chi connectivity index (χ2n) is 10.6. The van der Waals surface area contributed by atoms with E-state index in [0.717, 1.165) is 11.4 Å². The Morgan fingerprint density at radius 1 is 0.900 bits per heavy atom. The van der Waals surface area contributed by atoms with Crippen LogP contribution in [0.15, 0.2) is 78.9 Å². The van der Waals surface area contributed by atoms with Gasteiger partial charge in [0.05, 0.1) is 23.7 Å². The molecule has 5 atom stereocenters. The number of benzene rings is 2. The number of likely N-dealkylation sites (tertiary alicyclic amines) is 1. The molecule has 0 saturated carbocycles. The molecule has 2 saturated heterocycles. The molecule has 4 aliphatic heterocycles. The Balaban J connectivity index is 1.41. The SMILES string of the molecule is COc1ccc(N2CC=C[C@]34S[C@@H]5C=CCN(c6ccccc6)C(=O)[C@@H]5[C@H]3C(=O)N(CCCCO)C4C2=O)cc1. The Bertz CT molecular complexity index is 1350. The summed E-state index contributed by atoms with van der Waals surface area (Å²) >= 11 is 1.58. The van der Waals surface area contributed by atoms with Crippen molar-refractivity contribution in [3.63, 3.8) is 0 Å². The summed E-state index contributed by atoms with van der Waals surface area (Å²) in [7, 11) is 1.60. The zero-order valence-corrected chi connectivity index (χ0v) is 23.2. The highest BCUT2D eigenvalue weighted by Gasteiger charge is 2.71. The summed E-state index contributed by atoms with van der Waals surface area (Å²) in [4.78, 5) is 48.1. The number of carbonyl (C=O) groups excluding carboxylic acids is 3. The van der Waals surface area contributed by atoms with Crippen LogP contribution in [-0.4, -0.2) is 77.1 Å². The molecule has 8 nitrogen and oxygen atoms in total. The molecule has 6 rings (SSSR count). The Labute approximate surface area is 238 Å². The van der Waals surface area contributed by atoms with E-state index in [9.17, 15) is 19.5 Å². The number of hydrogen-bond acceptors (Lipinski definition) is 6. The van der Waals surface area contributed by atoms with E-state index < -0.39 is 22.6 Å². The number of ether oxygens (including phenoxy) is 1. The molecule has 4 heterocycles. The van der Waals surface area contributed by atoms with Crippen molar-refractivity contribution < 1.29 is 24.2 Å². The van der Waals surface area contributed by atoms with Crippen molar-refractivity contribution in [2.45, 2.75) is 28.9 Å². The lowest BCUT2D eigenvalue weighted by molar-refractivity contribution is -0.138. The quantitative estimate of drug-likeness (QED) is 0.414. The van der Waals surface area contributed by atoms with Crippen molar-refractivity contribution in [3.05, 3.63) is 78.9 Å². The first-order valence-electron chi connectivity index (χ1n) is 13.8. The molecule has 1 spiro atoms. The van der Waals surface area contributed by atoms with Gasteiger partial charge < -0.3 is 24.5 Å². The fourth-order valence-corrected chi connectivity index (χ4v) is 8.61. The van der Waals surface area contributed by atoms with E-state index in [2.05, 4.69) is 0 Å². The minimum absolute atomic E-state index is 0.0157. The number of hydrogen-bond donors (Lipinski definition) is 1. The summed E-state index contributed by atoms with van der Waals surface area (Å²) in [6.07, 6.45) is 9.16. The van der Waals surface area contributed by atoms with Gasteiger partial charge in [-0.25, -0.2) is 0 Å². The summed E-state index contributed by atoms with van der Waals surface area (Å²) < 4.78 is 4.43. The molecule has 2 fully saturated rings. The van der Waals surface area contributed by atoms with Crippen molar-refractivity contribution >= 4 is 40.9 Å². The zero-order valence-electron chi connectivity index (χ0n) is 22.4. The maximum absolute atomic E-state index is 14.4. The second kappa shape index (κ2) is 10.8. The van der Waals surface area contributed by atoms with Crippen molar-refractivity contribution in [2.75, 3.05) is 43.2 Å². The van der Waals surface area contributed by atoms with Crippen molar-refractivity contribution in [2.24, 2.45) is 11.8 Å². The van der Waals surface area contributed by atoms with E-state index in [4.69, 9.17) is 4.74 Å². The van der Waals surface area contributed by atoms with Gasteiger partial charge in [-0.2, -0.15) is 0 Å². The summed E-state index contributed by atoms with van der Waals surface area (Å²) in [6, 6.07) is 16.1. The highest BCUT2D eigenvalue weighted by Crippen LogP contribution is 2.61. The maximum atomic E-state index is 14.4. The van der Waals surface area contributed by atoms with Gasteiger partial charge in [0.1, 0.15) is 11.8 Å². The summed E-state index contributed by atoms with van der Waals surface area (Å²) in [6.45, 7) is 1.17. The van der Waals surface area contributed by atoms with E-state index in [1.54, 1.807) is 33.6 Å². The fourth-order valence-electron chi connectivity index (χ4n) is 6.60. The smallest absolute Gasteiger partial charge is 0.251 e. The van der Waals surface area contributed by atoms with Crippen LogP contribution in [0.25, 0.3) is 0 Å². The minimum Gasteiger partial charge on any atom is -0.497 e. The van der Waals surface area contributed by atoms with Crippen LogP contribution in [0.3, 0.4) is 0 Å². The molecule has 0 aromatic heterocycles. The van der Waals surface area contributed by atoms with Gasteiger partial charge in [-0.1, -0.05) is 42.5 Å². The molecule has 0 bridgehead atoms. The molecule has 1 unspecified atom stereocenters. The lowest BCUT2D eigenvalue weighted by atomic mass is 9.78. The van der Waals surface area contributed by atoms with Crippen LogP contribution in [0, 0.1) is 11.8 Å². The van der Waals surface area contributed by atoms with Gasteiger partial charge in [-0.3, -0.25) is 14.4 Å². The third-order valence-corrected chi connectivity index (χ3v) is 10.2. The maximum Gasteiger partial charge on any atom is 0.251 e. The van der Waals surface area contributed by atoms with Gasteiger partial charge in [-0.15, -0.1) is 11.8 Å². The average molecular weight is 560 g/mol. The first kappa shape index (κ1) is 26.7. The molecule has 0 aliphatic carbocycles. The van der Waals surface area contributed by atoms with Gasteiger partial charge in [0.15, 0.2) is 0 Å². The number of fused-ring (bicyclic) bond motifs is 2. The Morgan fingerprint density at radius 2 is 1.60 bits per heavy atom. The Morgan fingerprint density at radius 3 is 2.33 bits per heavy atom. The van der Waals surface area contributed by atoms with Gasteiger partial charge in [0.25, 0.3) is 5.91 Å². The number of amides is 3. The number of rotatable bonds is 7. The molecule has 3 amide bonds. The lowest BCUT2D eigenvalue weighted by Crippen LogP contribution is -2.53. The highest BCUT2D eigenvalue weighted by atomic mass is 32.2. The first-order valence-corrected chi connectivity index (χ1v) is 14.6. The number of thioether (sulfide) groups is 1. The third-order valence-electron chi connectivity index (χ3n) is 8.42. The van der Waals surface area contributed by atoms with Crippen LogP contribution in [0.5, 0.6) is 5.75 Å². The molecular formula is C31H33N3O5S. The average Bonchev–Trinajstić information content (AvgIpc) is 3.28. The number of carbonyl (C=O) groups is 3. The Hall–Kier alpha value is -3.56. The standard InChI is InChI=1S/C31H33N3O5S/c1-39-23-14-12-22(13-15-23)33-19-8-16-31-26(29(37)34(17-5-6-20-35)27(31)30(33)38)25-24(40-31)11-7-18-32(28(25)36)21-9-3-2-4-10-21/h2-4,7-16,24-27,35H,5-6,17-20H2,1H3/t24-,25+,26+,27?,31+/m1/s1. The molecule has 208 valence electrons. The number of aliphatic hydroxyl groups is 1. The normalized spacial score (nSPS) is 29.2. The number of para-hydroxylation sites is 1. The van der Waals surface area contributed by atoms with Crippen LogP contribution in [-0.2, 0) is 14.4 Å². The van der Waals surface area contributed by atoms with E-state index in [-0.39, 0.29) is 29.6 Å². The van der Waals surface area contributed by atoms with Crippen LogP contribution < -0.4 is 14.5 Å². The molecule has 40 heavy (non-hydrogen) atoms. The van der Waals surface area contributed by atoms with Gasteiger partial charge in [0, 0.05) is 42.9 Å². The van der Waals surface area contributed by atoms with Crippen molar-refractivity contribution in [1.82, 2.24) is 4.90 Å². The minimum atomic E-state index is -0.871. The fraction of sp³-hybridized carbons (Fsp3) is 0.387. The number of methoxy groups -OCH3 is 1. The molecule has 2 aromatic rings. The molecule has 1 N–H and O–H groups in total. The predicted octanol–water partition coefficient (Wildman–Crippen LogP) is 3.27. The molecular weight excluding hydrogens is 526 g/mol. The summed E-state index contributed by atoms with van der Waals surface area (Å²) in [5, 5.41) is 9.20. The topological polar surface area (TPSA) is 90.4 Å². The number of aliphatic hydroxyl groups excluding tert-OH is 1. The predicted molar refractivity (Wildman–Crippen MR) is 155 cm³/mol. The summed E-state index contributed by atoms with van der Waals surface area (Å²) in [5.74, 6) is -0.966. The molecule has 2 aromatic carbocycles. The van der Waals surface area contributed by atoms with Crippen LogP contribution in [0.2, 0.25) is 0 Å². The molecule has 4 aliphatic rings.